The highest BCUT2D eigenvalue weighted by molar-refractivity contribution is 6.30. The molecule has 0 aliphatic rings. The average molecular weight is 318 g/mol. The SMILES string of the molecule is CCOC(=O)Cc1cc(C(F)F)c(Cl)nc1C(F)(F)F. The largest absolute Gasteiger partial charge is 0.466 e. The number of esters is 1. The van der Waals surface area contributed by atoms with Crippen LogP contribution in [0.2, 0.25) is 5.15 Å². The zero-order chi connectivity index (χ0) is 15.5. The van der Waals surface area contributed by atoms with Crippen molar-refractivity contribution >= 4 is 17.6 Å². The van der Waals surface area contributed by atoms with Gasteiger partial charge in [-0.15, -0.1) is 0 Å². The lowest BCUT2D eigenvalue weighted by Crippen LogP contribution is -2.17. The molecule has 3 nitrogen and oxygen atoms in total. The van der Waals surface area contributed by atoms with Gasteiger partial charge in [-0.05, 0) is 18.6 Å². The summed E-state index contributed by atoms with van der Waals surface area (Å²) in [7, 11) is 0. The maximum Gasteiger partial charge on any atom is 0.433 e. The van der Waals surface area contributed by atoms with Gasteiger partial charge in [0.1, 0.15) is 10.8 Å². The van der Waals surface area contributed by atoms with Crippen LogP contribution in [0.4, 0.5) is 22.0 Å². The van der Waals surface area contributed by atoms with E-state index in [0.717, 1.165) is 0 Å². The molecule has 9 heteroatoms. The summed E-state index contributed by atoms with van der Waals surface area (Å²) in [6.07, 6.45) is -8.82. The smallest absolute Gasteiger partial charge is 0.433 e. The Morgan fingerprint density at radius 2 is 2.05 bits per heavy atom. The molecular weight excluding hydrogens is 309 g/mol. The van der Waals surface area contributed by atoms with E-state index in [1.807, 2.05) is 0 Å². The van der Waals surface area contributed by atoms with Gasteiger partial charge in [0, 0.05) is 0 Å². The molecule has 0 radical (unpaired) electrons. The number of carbonyl (C=O) groups is 1. The highest BCUT2D eigenvalue weighted by atomic mass is 35.5. The van der Waals surface area contributed by atoms with Crippen molar-refractivity contribution in [2.45, 2.75) is 25.9 Å². The van der Waals surface area contributed by atoms with E-state index in [2.05, 4.69) is 9.72 Å². The van der Waals surface area contributed by atoms with E-state index in [4.69, 9.17) is 11.6 Å². The minimum atomic E-state index is -4.91. The molecule has 1 aromatic rings. The van der Waals surface area contributed by atoms with Crippen LogP contribution in [-0.2, 0) is 22.1 Å². The van der Waals surface area contributed by atoms with Crippen LogP contribution in [0.1, 0.15) is 30.2 Å². The number of halogens is 6. The molecule has 20 heavy (non-hydrogen) atoms. The normalized spacial score (nSPS) is 11.8. The van der Waals surface area contributed by atoms with Crippen molar-refractivity contribution in [3.63, 3.8) is 0 Å². The van der Waals surface area contributed by atoms with Crippen LogP contribution >= 0.6 is 11.6 Å². The molecule has 1 rings (SSSR count). The van der Waals surface area contributed by atoms with E-state index >= 15 is 0 Å². The maximum absolute atomic E-state index is 12.7. The molecule has 0 aromatic carbocycles. The number of hydrogen-bond donors (Lipinski definition) is 0. The lowest BCUT2D eigenvalue weighted by atomic mass is 10.1. The van der Waals surface area contributed by atoms with Gasteiger partial charge in [-0.2, -0.15) is 13.2 Å². The van der Waals surface area contributed by atoms with Gasteiger partial charge in [0.25, 0.3) is 6.43 Å². The fourth-order valence-corrected chi connectivity index (χ4v) is 1.67. The molecular formula is C11H9ClF5NO2. The first-order chi connectivity index (χ1) is 9.16. The van der Waals surface area contributed by atoms with Crippen molar-refractivity contribution in [2.75, 3.05) is 6.61 Å². The first-order valence-electron chi connectivity index (χ1n) is 5.37. The fraction of sp³-hybridized carbons (Fsp3) is 0.455. The highest BCUT2D eigenvalue weighted by Crippen LogP contribution is 2.35. The summed E-state index contributed by atoms with van der Waals surface area (Å²) < 4.78 is 67.9. The fourth-order valence-electron chi connectivity index (χ4n) is 1.45. The Balaban J connectivity index is 3.29. The highest BCUT2D eigenvalue weighted by Gasteiger charge is 2.37. The second-order valence-corrected chi connectivity index (χ2v) is 4.01. The molecule has 0 bridgehead atoms. The monoisotopic (exact) mass is 317 g/mol. The van der Waals surface area contributed by atoms with E-state index in [1.165, 1.54) is 6.92 Å². The lowest BCUT2D eigenvalue weighted by molar-refractivity contribution is -0.144. The Kier molecular flexibility index (Phi) is 5.27. The summed E-state index contributed by atoms with van der Waals surface area (Å²) >= 11 is 5.29. The number of rotatable bonds is 4. The minimum Gasteiger partial charge on any atom is -0.466 e. The molecule has 0 atom stereocenters. The summed E-state index contributed by atoms with van der Waals surface area (Å²) in [4.78, 5) is 14.2. The first kappa shape index (κ1) is 16.6. The third-order valence-corrected chi connectivity index (χ3v) is 2.53. The summed E-state index contributed by atoms with van der Waals surface area (Å²) in [5, 5.41) is -0.945. The van der Waals surface area contributed by atoms with Crippen molar-refractivity contribution in [1.29, 1.82) is 0 Å². The second-order valence-electron chi connectivity index (χ2n) is 3.66. The lowest BCUT2D eigenvalue weighted by Gasteiger charge is -2.14. The molecule has 0 N–H and O–H groups in total. The van der Waals surface area contributed by atoms with E-state index in [0.29, 0.717) is 6.07 Å². The van der Waals surface area contributed by atoms with Crippen LogP contribution in [0.25, 0.3) is 0 Å². The number of aromatic nitrogens is 1. The van der Waals surface area contributed by atoms with E-state index < -0.39 is 47.0 Å². The van der Waals surface area contributed by atoms with Gasteiger partial charge in [-0.1, -0.05) is 11.6 Å². The molecule has 0 unspecified atom stereocenters. The van der Waals surface area contributed by atoms with Gasteiger partial charge in [0.2, 0.25) is 0 Å². The molecule has 0 saturated heterocycles. The Labute approximate surface area is 115 Å². The third-order valence-electron chi connectivity index (χ3n) is 2.23. The Bertz CT molecular complexity index is 504. The van der Waals surface area contributed by atoms with Gasteiger partial charge >= 0.3 is 12.1 Å². The van der Waals surface area contributed by atoms with E-state index in [9.17, 15) is 26.7 Å². The average Bonchev–Trinajstić information content (AvgIpc) is 2.29. The van der Waals surface area contributed by atoms with Crippen LogP contribution in [0.5, 0.6) is 0 Å². The minimum absolute atomic E-state index is 0.0388. The van der Waals surface area contributed by atoms with Gasteiger partial charge in [0.05, 0.1) is 18.6 Å². The van der Waals surface area contributed by atoms with Crippen LogP contribution in [-0.4, -0.2) is 17.6 Å². The first-order valence-corrected chi connectivity index (χ1v) is 5.74. The Hall–Kier alpha value is -1.44. The van der Waals surface area contributed by atoms with Crippen molar-refractivity contribution in [2.24, 2.45) is 0 Å². The zero-order valence-electron chi connectivity index (χ0n) is 10.1. The van der Waals surface area contributed by atoms with Crippen molar-refractivity contribution in [3.8, 4) is 0 Å². The predicted molar refractivity (Wildman–Crippen MR) is 59.5 cm³/mol. The number of carbonyl (C=O) groups excluding carboxylic acids is 1. The zero-order valence-corrected chi connectivity index (χ0v) is 10.9. The summed E-state index contributed by atoms with van der Waals surface area (Å²) in [6.45, 7) is 1.43. The molecule has 1 heterocycles. The predicted octanol–water partition coefficient (Wildman–Crippen LogP) is 3.80. The molecule has 0 aliphatic carbocycles. The molecule has 0 fully saturated rings. The van der Waals surface area contributed by atoms with E-state index in [1.54, 1.807) is 0 Å². The summed E-state index contributed by atoms with van der Waals surface area (Å²) in [5.41, 5.74) is -3.03. The molecule has 0 aliphatic heterocycles. The van der Waals surface area contributed by atoms with Gasteiger partial charge in [-0.3, -0.25) is 4.79 Å². The third kappa shape index (κ3) is 4.03. The number of ether oxygens (including phenoxy) is 1. The number of alkyl halides is 5. The van der Waals surface area contributed by atoms with Crippen molar-refractivity contribution in [3.05, 3.63) is 28.0 Å². The van der Waals surface area contributed by atoms with Gasteiger partial charge < -0.3 is 4.74 Å². The van der Waals surface area contributed by atoms with E-state index in [-0.39, 0.29) is 6.61 Å². The van der Waals surface area contributed by atoms with Gasteiger partial charge in [-0.25, -0.2) is 13.8 Å². The number of hydrogen-bond acceptors (Lipinski definition) is 3. The number of pyridine rings is 1. The quantitative estimate of drug-likeness (QED) is 0.482. The van der Waals surface area contributed by atoms with Crippen LogP contribution in [0, 0.1) is 0 Å². The topological polar surface area (TPSA) is 39.2 Å². The maximum atomic E-state index is 12.7. The van der Waals surface area contributed by atoms with Crippen LogP contribution in [0.15, 0.2) is 6.07 Å². The Morgan fingerprint density at radius 1 is 1.45 bits per heavy atom. The van der Waals surface area contributed by atoms with Crippen molar-refractivity contribution < 1.29 is 31.5 Å². The molecule has 0 spiro atoms. The standard InChI is InChI=1S/C11H9ClF5NO2/c1-2-20-7(19)4-5-3-6(10(13)14)9(12)18-8(5)11(15,16)17/h3,10H,2,4H2,1H3. The molecule has 0 amide bonds. The molecule has 0 saturated carbocycles. The molecule has 1 aromatic heterocycles. The second kappa shape index (κ2) is 6.34. The number of nitrogens with zero attached hydrogens (tertiary/aromatic N) is 1. The molecule has 112 valence electrons. The van der Waals surface area contributed by atoms with Crippen molar-refractivity contribution in [1.82, 2.24) is 4.98 Å². The summed E-state index contributed by atoms with van der Waals surface area (Å²) in [6, 6.07) is 0.528. The summed E-state index contributed by atoms with van der Waals surface area (Å²) in [5.74, 6) is -0.970. The van der Waals surface area contributed by atoms with Crippen LogP contribution < -0.4 is 0 Å². The van der Waals surface area contributed by atoms with Crippen LogP contribution in [0.3, 0.4) is 0 Å². The van der Waals surface area contributed by atoms with Gasteiger partial charge in [0.15, 0.2) is 0 Å². The Morgan fingerprint density at radius 3 is 2.50 bits per heavy atom.